The fourth-order valence-electron chi connectivity index (χ4n) is 2.80. The van der Waals surface area contributed by atoms with Crippen LogP contribution in [0.4, 0.5) is 43.4 Å². The molecule has 2 rings (SSSR count). The van der Waals surface area contributed by atoms with Gasteiger partial charge in [-0.1, -0.05) is 0 Å². The number of aliphatic imine (C=N–C) groups is 1. The van der Waals surface area contributed by atoms with Crippen molar-refractivity contribution in [2.45, 2.75) is 33.1 Å². The number of rotatable bonds is 5. The van der Waals surface area contributed by atoms with E-state index < -0.39 is 23.5 Å². The van der Waals surface area contributed by atoms with Crippen molar-refractivity contribution in [1.82, 2.24) is 4.90 Å². The van der Waals surface area contributed by atoms with Crippen LogP contribution in [0, 0.1) is 13.8 Å². The molecule has 164 valence electrons. The first-order valence-electron chi connectivity index (χ1n) is 9.13. The molecule has 0 atom stereocenters. The fraction of sp³-hybridized carbons (Fsp3) is 0.381. The van der Waals surface area contributed by atoms with E-state index in [9.17, 15) is 26.3 Å². The quantitative estimate of drug-likeness (QED) is 0.297. The highest BCUT2D eigenvalue weighted by molar-refractivity contribution is 5.72. The van der Waals surface area contributed by atoms with E-state index in [2.05, 4.69) is 4.99 Å². The molecule has 0 fully saturated rings. The van der Waals surface area contributed by atoms with Crippen LogP contribution in [0.1, 0.15) is 29.2 Å². The first-order valence-corrected chi connectivity index (χ1v) is 9.13. The van der Waals surface area contributed by atoms with Crippen molar-refractivity contribution in [3.05, 3.63) is 52.6 Å². The van der Waals surface area contributed by atoms with Gasteiger partial charge < -0.3 is 9.80 Å². The minimum Gasteiger partial charge on any atom is -0.366 e. The standard InChI is InChI=1S/C21H23F6N3/c1-6-29(4)12-28-18-7-14(3)19(8-13(18)2)30(5)17-10-15(20(22,23)24)9-16(11-17)21(25,26)27/h7-12H,6H2,1-5H3. The van der Waals surface area contributed by atoms with Gasteiger partial charge in [-0.25, -0.2) is 4.99 Å². The molecule has 0 aliphatic heterocycles. The third-order valence-corrected chi connectivity index (χ3v) is 4.73. The van der Waals surface area contributed by atoms with Gasteiger partial charge in [0.05, 0.1) is 23.2 Å². The van der Waals surface area contributed by atoms with Gasteiger partial charge in [-0.15, -0.1) is 0 Å². The van der Waals surface area contributed by atoms with Gasteiger partial charge in [0.2, 0.25) is 0 Å². The Balaban J connectivity index is 2.53. The molecule has 0 unspecified atom stereocenters. The Hall–Kier alpha value is -2.71. The SMILES string of the molecule is CCN(C)C=Nc1cc(C)c(N(C)c2cc(C(F)(F)F)cc(C(F)(F)F)c2)cc1C. The van der Waals surface area contributed by atoms with Crippen molar-refractivity contribution >= 4 is 23.4 Å². The third-order valence-electron chi connectivity index (χ3n) is 4.73. The molecule has 0 N–H and O–H groups in total. The number of hydrogen-bond donors (Lipinski definition) is 0. The Morgan fingerprint density at radius 3 is 1.83 bits per heavy atom. The summed E-state index contributed by atoms with van der Waals surface area (Å²) >= 11 is 0. The second kappa shape index (κ2) is 8.57. The van der Waals surface area contributed by atoms with Crippen LogP contribution in [-0.2, 0) is 12.4 Å². The Kier molecular flexibility index (Phi) is 6.73. The summed E-state index contributed by atoms with van der Waals surface area (Å²) in [5.41, 5.74) is -0.337. The average molecular weight is 431 g/mol. The Morgan fingerprint density at radius 1 is 0.833 bits per heavy atom. The van der Waals surface area contributed by atoms with Crippen LogP contribution in [0.15, 0.2) is 35.3 Å². The van der Waals surface area contributed by atoms with Gasteiger partial charge in [0.15, 0.2) is 0 Å². The van der Waals surface area contributed by atoms with Crippen LogP contribution in [0.5, 0.6) is 0 Å². The van der Waals surface area contributed by atoms with Gasteiger partial charge in [0.1, 0.15) is 0 Å². The van der Waals surface area contributed by atoms with Crippen LogP contribution in [0.25, 0.3) is 0 Å². The summed E-state index contributed by atoms with van der Waals surface area (Å²) in [4.78, 5) is 7.58. The predicted molar refractivity (Wildman–Crippen MR) is 107 cm³/mol. The molecule has 0 aliphatic carbocycles. The highest BCUT2D eigenvalue weighted by atomic mass is 19.4. The Labute approximate surface area is 171 Å². The summed E-state index contributed by atoms with van der Waals surface area (Å²) in [6.07, 6.45) is -8.13. The zero-order valence-electron chi connectivity index (χ0n) is 17.3. The first-order chi connectivity index (χ1) is 13.7. The number of nitrogens with zero attached hydrogens (tertiary/aromatic N) is 3. The lowest BCUT2D eigenvalue weighted by molar-refractivity contribution is -0.143. The second-order valence-electron chi connectivity index (χ2n) is 7.07. The highest BCUT2D eigenvalue weighted by Crippen LogP contribution is 2.40. The average Bonchev–Trinajstić information content (AvgIpc) is 2.65. The first kappa shape index (κ1) is 23.6. The molecule has 0 bridgehead atoms. The maximum absolute atomic E-state index is 13.2. The van der Waals surface area contributed by atoms with Gasteiger partial charge in [-0.05, 0) is 62.2 Å². The van der Waals surface area contributed by atoms with Crippen molar-refractivity contribution in [2.75, 3.05) is 25.5 Å². The molecule has 0 saturated carbocycles. The molecule has 0 amide bonds. The second-order valence-corrected chi connectivity index (χ2v) is 7.07. The Bertz CT molecular complexity index is 899. The van der Waals surface area contributed by atoms with Gasteiger partial charge in [-0.3, -0.25) is 0 Å². The smallest absolute Gasteiger partial charge is 0.366 e. The van der Waals surface area contributed by atoms with E-state index in [4.69, 9.17) is 0 Å². The molecule has 0 aromatic heterocycles. The maximum atomic E-state index is 13.2. The molecule has 0 aliphatic rings. The van der Waals surface area contributed by atoms with E-state index in [1.165, 1.54) is 11.9 Å². The van der Waals surface area contributed by atoms with Crippen LogP contribution in [0.2, 0.25) is 0 Å². The third kappa shape index (κ3) is 5.46. The van der Waals surface area contributed by atoms with E-state index in [0.717, 1.165) is 12.1 Å². The van der Waals surface area contributed by atoms with E-state index in [-0.39, 0.29) is 11.8 Å². The molecule has 0 heterocycles. The number of anilines is 2. The molecular formula is C21H23F6N3. The number of benzene rings is 2. The van der Waals surface area contributed by atoms with Gasteiger partial charge in [0.25, 0.3) is 0 Å². The molecule has 0 radical (unpaired) electrons. The van der Waals surface area contributed by atoms with Gasteiger partial charge in [0, 0.05) is 32.0 Å². The summed E-state index contributed by atoms with van der Waals surface area (Å²) in [6, 6.07) is 5.00. The van der Waals surface area contributed by atoms with Crippen molar-refractivity contribution in [1.29, 1.82) is 0 Å². The Morgan fingerprint density at radius 2 is 1.37 bits per heavy atom. The maximum Gasteiger partial charge on any atom is 0.416 e. The summed E-state index contributed by atoms with van der Waals surface area (Å²) in [7, 11) is 3.30. The van der Waals surface area contributed by atoms with Crippen LogP contribution < -0.4 is 4.90 Å². The number of alkyl halides is 6. The molecule has 2 aromatic carbocycles. The molecule has 9 heteroatoms. The largest absolute Gasteiger partial charge is 0.416 e. The van der Waals surface area contributed by atoms with E-state index in [1.54, 1.807) is 32.3 Å². The monoisotopic (exact) mass is 431 g/mol. The molecule has 3 nitrogen and oxygen atoms in total. The summed E-state index contributed by atoms with van der Waals surface area (Å²) < 4.78 is 79.0. The van der Waals surface area contributed by atoms with Crippen molar-refractivity contribution < 1.29 is 26.3 Å². The normalized spacial score (nSPS) is 12.5. The number of aryl methyl sites for hydroxylation is 2. The predicted octanol–water partition coefficient (Wildman–Crippen LogP) is 6.72. The lowest BCUT2D eigenvalue weighted by Gasteiger charge is -2.25. The fourth-order valence-corrected chi connectivity index (χ4v) is 2.80. The van der Waals surface area contributed by atoms with Crippen LogP contribution in [-0.4, -0.2) is 31.9 Å². The highest BCUT2D eigenvalue weighted by Gasteiger charge is 2.37. The van der Waals surface area contributed by atoms with Gasteiger partial charge in [-0.2, -0.15) is 26.3 Å². The summed E-state index contributed by atoms with van der Waals surface area (Å²) in [5, 5.41) is 0. The van der Waals surface area contributed by atoms with E-state index >= 15 is 0 Å². The van der Waals surface area contributed by atoms with E-state index in [1.807, 2.05) is 18.9 Å². The number of hydrogen-bond acceptors (Lipinski definition) is 2. The lowest BCUT2D eigenvalue weighted by Crippen LogP contribution is -2.16. The van der Waals surface area contributed by atoms with E-state index in [0.29, 0.717) is 29.1 Å². The van der Waals surface area contributed by atoms with Crippen molar-refractivity contribution in [3.63, 3.8) is 0 Å². The van der Waals surface area contributed by atoms with Crippen LogP contribution >= 0.6 is 0 Å². The minimum absolute atomic E-state index is 0.123. The zero-order valence-corrected chi connectivity index (χ0v) is 17.3. The molecule has 30 heavy (non-hydrogen) atoms. The molecule has 0 spiro atoms. The topological polar surface area (TPSA) is 18.8 Å². The molecule has 0 saturated heterocycles. The lowest BCUT2D eigenvalue weighted by atomic mass is 10.0. The van der Waals surface area contributed by atoms with Crippen molar-refractivity contribution in [3.8, 4) is 0 Å². The molecule has 2 aromatic rings. The summed E-state index contributed by atoms with van der Waals surface area (Å²) in [6.45, 7) is 6.24. The van der Waals surface area contributed by atoms with Gasteiger partial charge >= 0.3 is 12.4 Å². The molecular weight excluding hydrogens is 408 g/mol. The minimum atomic E-state index is -4.90. The summed E-state index contributed by atoms with van der Waals surface area (Å²) in [5.74, 6) is 0. The zero-order chi connectivity index (χ0) is 22.9. The number of halogens is 6. The van der Waals surface area contributed by atoms with Crippen LogP contribution in [0.3, 0.4) is 0 Å². The van der Waals surface area contributed by atoms with Crippen molar-refractivity contribution in [2.24, 2.45) is 4.99 Å².